The molecule has 1 heteroatoms. The summed E-state index contributed by atoms with van der Waals surface area (Å²) in [4.78, 5) is 0. The lowest BCUT2D eigenvalue weighted by atomic mass is 9.92. The Balaban J connectivity index is 1.62. The molecule has 208 valence electrons. The van der Waals surface area contributed by atoms with Crippen molar-refractivity contribution in [2.75, 3.05) is 0 Å². The van der Waals surface area contributed by atoms with Gasteiger partial charge in [-0.25, -0.2) is 0 Å². The maximum Gasteiger partial charge on any atom is 0.113 e. The maximum atomic E-state index is 2.66. The molecule has 0 heterocycles. The summed E-state index contributed by atoms with van der Waals surface area (Å²) in [6.07, 6.45) is 4.42. The molecule has 0 nitrogen and oxygen atoms in total. The van der Waals surface area contributed by atoms with Gasteiger partial charge in [-0.1, -0.05) is 111 Å². The lowest BCUT2D eigenvalue weighted by molar-refractivity contribution is 1.03. The van der Waals surface area contributed by atoms with Crippen molar-refractivity contribution in [3.05, 3.63) is 128 Å². The Morgan fingerprint density at radius 2 is 0.878 bits per heavy atom. The summed E-state index contributed by atoms with van der Waals surface area (Å²) in [6.45, 7) is 19.2. The first-order valence-electron chi connectivity index (χ1n) is 15.5. The summed E-state index contributed by atoms with van der Waals surface area (Å²) in [5, 5.41) is 3.41. The van der Waals surface area contributed by atoms with Gasteiger partial charge in [0.1, 0.15) is 8.07 Å². The normalized spacial score (nSPS) is 14.6. The van der Waals surface area contributed by atoms with E-state index in [4.69, 9.17) is 0 Å². The zero-order chi connectivity index (χ0) is 29.1. The van der Waals surface area contributed by atoms with Crippen LogP contribution in [-0.4, -0.2) is 8.07 Å². The molecular weight excluding hydrogens is 509 g/mol. The smallest absolute Gasteiger partial charge is 0.0658 e. The van der Waals surface area contributed by atoms with E-state index in [1.165, 1.54) is 55.6 Å². The Labute approximate surface area is 248 Å². The molecule has 2 aliphatic carbocycles. The number of hydrogen-bond acceptors (Lipinski definition) is 0. The average molecular weight is 553 g/mol. The van der Waals surface area contributed by atoms with Crippen LogP contribution in [0, 0.1) is 27.7 Å². The Bertz CT molecular complexity index is 1630. The minimum atomic E-state index is -2.14. The third-order valence-corrected chi connectivity index (χ3v) is 13.9. The van der Waals surface area contributed by atoms with Crippen LogP contribution in [0.3, 0.4) is 0 Å². The van der Waals surface area contributed by atoms with Gasteiger partial charge in [0.2, 0.25) is 0 Å². The van der Waals surface area contributed by atoms with Crippen LogP contribution >= 0.6 is 0 Å². The highest BCUT2D eigenvalue weighted by Crippen LogP contribution is 2.53. The van der Waals surface area contributed by atoms with Crippen LogP contribution in [0.2, 0.25) is 13.1 Å². The van der Waals surface area contributed by atoms with Crippen LogP contribution < -0.4 is 0 Å². The lowest BCUT2D eigenvalue weighted by Crippen LogP contribution is -2.32. The van der Waals surface area contributed by atoms with Gasteiger partial charge in [0.25, 0.3) is 0 Å². The van der Waals surface area contributed by atoms with Crippen LogP contribution in [0.4, 0.5) is 0 Å². The number of fused-ring (bicyclic) bond motifs is 2. The average Bonchev–Trinajstić information content (AvgIpc) is 3.55. The van der Waals surface area contributed by atoms with E-state index in [1.54, 1.807) is 32.7 Å². The highest BCUT2D eigenvalue weighted by molar-refractivity contribution is 7.09. The number of hydrogen-bond donors (Lipinski definition) is 0. The van der Waals surface area contributed by atoms with E-state index in [1.807, 2.05) is 0 Å². The van der Waals surface area contributed by atoms with Crippen molar-refractivity contribution in [3.8, 4) is 22.3 Å². The number of allylic oxidation sites excluding steroid dienone is 2. The van der Waals surface area contributed by atoms with Gasteiger partial charge in [0.15, 0.2) is 0 Å². The first kappa shape index (κ1) is 27.7. The Morgan fingerprint density at radius 3 is 1.27 bits per heavy atom. The van der Waals surface area contributed by atoms with Crippen LogP contribution in [0.1, 0.15) is 71.2 Å². The molecule has 0 spiro atoms. The molecule has 0 unspecified atom stereocenters. The summed E-state index contributed by atoms with van der Waals surface area (Å²) in [5.41, 5.74) is 20.7. The van der Waals surface area contributed by atoms with Crippen molar-refractivity contribution in [2.45, 2.75) is 80.3 Å². The molecule has 4 aromatic carbocycles. The molecule has 4 aromatic rings. The van der Waals surface area contributed by atoms with Crippen LogP contribution in [0.5, 0.6) is 0 Å². The van der Waals surface area contributed by atoms with Gasteiger partial charge < -0.3 is 0 Å². The van der Waals surface area contributed by atoms with Crippen molar-refractivity contribution in [3.63, 3.8) is 0 Å². The number of benzene rings is 4. The van der Waals surface area contributed by atoms with Gasteiger partial charge in [-0.05, 0) is 131 Å². The minimum Gasteiger partial charge on any atom is -0.0658 e. The van der Waals surface area contributed by atoms with Crippen molar-refractivity contribution in [2.24, 2.45) is 0 Å². The summed E-state index contributed by atoms with van der Waals surface area (Å²) < 4.78 is 0. The Morgan fingerprint density at radius 1 is 0.512 bits per heavy atom. The quantitative estimate of drug-likeness (QED) is 0.209. The largest absolute Gasteiger partial charge is 0.113 e. The third kappa shape index (κ3) is 4.32. The fourth-order valence-electron chi connectivity index (χ4n) is 7.85. The molecule has 0 aromatic heterocycles. The van der Waals surface area contributed by atoms with Gasteiger partial charge >= 0.3 is 0 Å². The highest BCUT2D eigenvalue weighted by Gasteiger charge is 2.43. The van der Waals surface area contributed by atoms with E-state index in [0.717, 1.165) is 25.7 Å². The maximum absolute atomic E-state index is 2.66. The van der Waals surface area contributed by atoms with E-state index < -0.39 is 8.07 Å². The fourth-order valence-corrected chi connectivity index (χ4v) is 12.2. The van der Waals surface area contributed by atoms with E-state index in [2.05, 4.69) is 127 Å². The van der Waals surface area contributed by atoms with Crippen molar-refractivity contribution < 1.29 is 0 Å². The molecule has 0 radical (unpaired) electrons. The molecule has 41 heavy (non-hydrogen) atoms. The first-order valence-corrected chi connectivity index (χ1v) is 18.5. The van der Waals surface area contributed by atoms with E-state index >= 15 is 0 Å². The summed E-state index contributed by atoms with van der Waals surface area (Å²) in [5.74, 6) is 0. The van der Waals surface area contributed by atoms with Crippen LogP contribution in [0.25, 0.3) is 32.6 Å². The zero-order valence-corrected chi connectivity index (χ0v) is 27.3. The summed E-state index contributed by atoms with van der Waals surface area (Å²) >= 11 is 0. The minimum absolute atomic E-state index is 1.09. The predicted molar refractivity (Wildman–Crippen MR) is 182 cm³/mol. The molecule has 0 N–H and O–H groups in total. The van der Waals surface area contributed by atoms with Gasteiger partial charge in [-0.15, -0.1) is 0 Å². The van der Waals surface area contributed by atoms with Crippen molar-refractivity contribution >= 4 is 18.5 Å². The monoisotopic (exact) mass is 552 g/mol. The van der Waals surface area contributed by atoms with Gasteiger partial charge in [0, 0.05) is 0 Å². The molecule has 0 saturated carbocycles. The Hall–Kier alpha value is -3.42. The second-order valence-electron chi connectivity index (χ2n) is 12.8. The highest BCUT2D eigenvalue weighted by atomic mass is 28.3. The zero-order valence-electron chi connectivity index (χ0n) is 26.3. The van der Waals surface area contributed by atoms with Gasteiger partial charge in [0.05, 0.1) is 0 Å². The summed E-state index contributed by atoms with van der Waals surface area (Å²) in [6, 6.07) is 27.8. The second-order valence-corrected chi connectivity index (χ2v) is 17.1. The van der Waals surface area contributed by atoms with Crippen molar-refractivity contribution in [1.82, 2.24) is 0 Å². The van der Waals surface area contributed by atoms with E-state index in [9.17, 15) is 0 Å². The van der Waals surface area contributed by atoms with Crippen molar-refractivity contribution in [1.29, 1.82) is 0 Å². The third-order valence-electron chi connectivity index (χ3n) is 10.2. The lowest BCUT2D eigenvalue weighted by Gasteiger charge is -2.33. The van der Waals surface area contributed by atoms with Crippen LogP contribution in [-0.2, 0) is 12.8 Å². The molecule has 0 bridgehead atoms. The predicted octanol–water partition coefficient (Wildman–Crippen LogP) is 11.2. The molecule has 0 fully saturated rings. The molecule has 2 aliphatic rings. The molecule has 0 amide bonds. The van der Waals surface area contributed by atoms with Gasteiger partial charge in [-0.2, -0.15) is 0 Å². The topological polar surface area (TPSA) is 0 Å². The van der Waals surface area contributed by atoms with Gasteiger partial charge in [-0.3, -0.25) is 0 Å². The second kappa shape index (κ2) is 10.4. The number of rotatable bonds is 6. The molecule has 6 rings (SSSR count). The molecule has 0 aliphatic heterocycles. The molecule has 0 atom stereocenters. The van der Waals surface area contributed by atoms with E-state index in [-0.39, 0.29) is 0 Å². The molecular formula is C40H44Si. The molecule has 0 saturated heterocycles. The standard InChI is InChI=1S/C40H44Si/c1-9-29-23-31-17-13-21-35(33-19-11-15-25(3)27(33)5)37(31)39(29)41(7,8)40-30(10-2)24-32-18-14-22-36(38(32)40)34-20-12-16-26(4)28(34)6/h11-22H,9-10,23-24H2,1-8H3. The summed E-state index contributed by atoms with van der Waals surface area (Å²) in [7, 11) is -2.14. The SMILES string of the molecule is CCC1=C([Si](C)(C)C2=C(CC)Cc3cccc(-c4cccc(C)c4C)c32)c2c(cccc2-c2cccc(C)c2C)C1. The van der Waals surface area contributed by atoms with Crippen LogP contribution in [0.15, 0.2) is 83.9 Å². The van der Waals surface area contributed by atoms with E-state index in [0.29, 0.717) is 0 Å². The fraction of sp³-hybridized carbons (Fsp3) is 0.300. The Kier molecular flexibility index (Phi) is 7.06. The first-order chi connectivity index (χ1) is 19.7. The number of aryl methyl sites for hydroxylation is 2.